The van der Waals surface area contributed by atoms with Gasteiger partial charge in [-0.15, -0.1) is 0 Å². The molecule has 1 aromatic rings. The van der Waals surface area contributed by atoms with E-state index in [9.17, 15) is 9.59 Å². The van der Waals surface area contributed by atoms with Crippen LogP contribution in [0.5, 0.6) is 0 Å². The monoisotopic (exact) mass is 404 g/mol. The summed E-state index contributed by atoms with van der Waals surface area (Å²) in [6, 6.07) is 7.67. The van der Waals surface area contributed by atoms with Crippen molar-refractivity contribution in [2.75, 3.05) is 37.7 Å². The second-order valence-corrected chi connectivity index (χ2v) is 8.68. The first-order chi connectivity index (χ1) is 13.6. The van der Waals surface area contributed by atoms with Crippen molar-refractivity contribution in [3.8, 4) is 0 Å². The van der Waals surface area contributed by atoms with Gasteiger partial charge in [0, 0.05) is 36.9 Å². The molecule has 0 atom stereocenters. The largest absolute Gasteiger partial charge is 0.369 e. The molecule has 152 valence electrons. The van der Waals surface area contributed by atoms with Gasteiger partial charge in [0.1, 0.15) is 5.54 Å². The van der Waals surface area contributed by atoms with Crippen molar-refractivity contribution in [1.29, 1.82) is 0 Å². The molecule has 2 aliphatic heterocycles. The van der Waals surface area contributed by atoms with Gasteiger partial charge in [0.05, 0.1) is 6.67 Å². The molecule has 1 aromatic carbocycles. The van der Waals surface area contributed by atoms with Crippen molar-refractivity contribution in [3.63, 3.8) is 0 Å². The lowest BCUT2D eigenvalue weighted by Crippen LogP contribution is -2.52. The van der Waals surface area contributed by atoms with Crippen molar-refractivity contribution in [2.24, 2.45) is 0 Å². The van der Waals surface area contributed by atoms with E-state index in [0.29, 0.717) is 6.67 Å². The molecular weight excluding hydrogens is 376 g/mol. The topological polar surface area (TPSA) is 55.9 Å². The minimum absolute atomic E-state index is 0.0170. The Bertz CT molecular complexity index is 725. The number of carbonyl (C=O) groups excluding carboxylic acids is 2. The summed E-state index contributed by atoms with van der Waals surface area (Å²) in [4.78, 5) is 31.7. The van der Waals surface area contributed by atoms with Gasteiger partial charge in [-0.3, -0.25) is 9.69 Å². The van der Waals surface area contributed by atoms with Crippen LogP contribution in [-0.2, 0) is 4.79 Å². The maximum atomic E-state index is 13.1. The molecule has 0 bridgehead atoms. The number of rotatable bonds is 3. The van der Waals surface area contributed by atoms with Gasteiger partial charge in [-0.1, -0.05) is 49.8 Å². The SMILES string of the molecule is O=C1NC2(CCCCCCC2)C(=O)N1CN1CCN(c2cccc(Cl)c2)CC1. The molecule has 4 rings (SSSR count). The summed E-state index contributed by atoms with van der Waals surface area (Å²) in [6.07, 6.45) is 7.11. The molecule has 2 heterocycles. The Balaban J connectivity index is 1.36. The molecule has 28 heavy (non-hydrogen) atoms. The fourth-order valence-electron chi connectivity index (χ4n) is 4.67. The van der Waals surface area contributed by atoms with E-state index in [4.69, 9.17) is 11.6 Å². The standard InChI is InChI=1S/C21H29ClN4O2/c22-17-7-6-8-18(15-17)25-13-11-24(12-14-25)16-26-19(27)21(23-20(26)28)9-4-2-1-3-5-10-21/h6-8,15H,1-5,9-14,16H2,(H,23,28). The molecule has 1 saturated carbocycles. The Morgan fingerprint density at radius 3 is 2.32 bits per heavy atom. The highest BCUT2D eigenvalue weighted by Crippen LogP contribution is 2.32. The summed E-state index contributed by atoms with van der Waals surface area (Å²) in [6.45, 7) is 3.73. The lowest BCUT2D eigenvalue weighted by molar-refractivity contribution is -0.133. The van der Waals surface area contributed by atoms with Crippen molar-refractivity contribution in [1.82, 2.24) is 15.1 Å². The number of nitrogens with one attached hydrogen (secondary N) is 1. The van der Waals surface area contributed by atoms with E-state index in [2.05, 4.69) is 21.2 Å². The molecule has 1 spiro atoms. The fraction of sp³-hybridized carbons (Fsp3) is 0.619. The maximum Gasteiger partial charge on any atom is 0.326 e. The zero-order chi connectivity index (χ0) is 19.6. The first-order valence-corrected chi connectivity index (χ1v) is 10.8. The smallest absolute Gasteiger partial charge is 0.326 e. The highest BCUT2D eigenvalue weighted by molar-refractivity contribution is 6.30. The lowest BCUT2D eigenvalue weighted by atomic mass is 9.84. The van der Waals surface area contributed by atoms with Gasteiger partial charge < -0.3 is 10.2 Å². The normalized spacial score (nSPS) is 23.6. The van der Waals surface area contributed by atoms with Gasteiger partial charge in [0.25, 0.3) is 5.91 Å². The van der Waals surface area contributed by atoms with Gasteiger partial charge in [-0.25, -0.2) is 9.69 Å². The van der Waals surface area contributed by atoms with E-state index in [-0.39, 0.29) is 11.9 Å². The van der Waals surface area contributed by atoms with Crippen LogP contribution in [0.25, 0.3) is 0 Å². The van der Waals surface area contributed by atoms with Crippen LogP contribution in [0.2, 0.25) is 5.02 Å². The molecule has 0 unspecified atom stereocenters. The highest BCUT2D eigenvalue weighted by Gasteiger charge is 2.50. The van der Waals surface area contributed by atoms with E-state index in [1.807, 2.05) is 18.2 Å². The number of halogens is 1. The summed E-state index contributed by atoms with van der Waals surface area (Å²) < 4.78 is 0. The molecule has 0 aromatic heterocycles. The summed E-state index contributed by atoms with van der Waals surface area (Å²) >= 11 is 6.11. The number of amides is 3. The summed E-state index contributed by atoms with van der Waals surface area (Å²) in [5, 5.41) is 3.79. The zero-order valence-electron chi connectivity index (χ0n) is 16.3. The number of imide groups is 1. The van der Waals surface area contributed by atoms with Crippen molar-refractivity contribution in [3.05, 3.63) is 29.3 Å². The predicted octanol–water partition coefficient (Wildman–Crippen LogP) is 3.45. The molecule has 0 radical (unpaired) electrons. The molecule has 1 aliphatic carbocycles. The molecular formula is C21H29ClN4O2. The van der Waals surface area contributed by atoms with Gasteiger partial charge in [-0.05, 0) is 31.0 Å². The Hall–Kier alpha value is -1.79. The van der Waals surface area contributed by atoms with E-state index in [1.165, 1.54) is 11.3 Å². The minimum atomic E-state index is -0.653. The second kappa shape index (κ2) is 8.29. The van der Waals surface area contributed by atoms with Crippen LogP contribution in [0.15, 0.2) is 24.3 Å². The first kappa shape index (κ1) is 19.5. The van der Waals surface area contributed by atoms with Crippen LogP contribution in [-0.4, -0.2) is 60.1 Å². The second-order valence-electron chi connectivity index (χ2n) is 8.24. The highest BCUT2D eigenvalue weighted by atomic mass is 35.5. The van der Waals surface area contributed by atoms with Crippen LogP contribution >= 0.6 is 11.6 Å². The Morgan fingerprint density at radius 1 is 0.964 bits per heavy atom. The quantitative estimate of drug-likeness (QED) is 0.784. The summed E-state index contributed by atoms with van der Waals surface area (Å²) in [7, 11) is 0. The molecule has 3 aliphatic rings. The molecule has 6 nitrogen and oxygen atoms in total. The summed E-state index contributed by atoms with van der Waals surface area (Å²) in [5.74, 6) is -0.0170. The molecule has 3 amide bonds. The Morgan fingerprint density at radius 2 is 1.64 bits per heavy atom. The number of anilines is 1. The number of carbonyl (C=O) groups is 2. The van der Waals surface area contributed by atoms with Crippen LogP contribution in [0.1, 0.15) is 44.9 Å². The fourth-order valence-corrected chi connectivity index (χ4v) is 4.86. The van der Waals surface area contributed by atoms with Gasteiger partial charge in [0.15, 0.2) is 0 Å². The molecule has 3 fully saturated rings. The predicted molar refractivity (Wildman–Crippen MR) is 111 cm³/mol. The van der Waals surface area contributed by atoms with E-state index in [1.54, 1.807) is 0 Å². The molecule has 1 N–H and O–H groups in total. The number of benzene rings is 1. The zero-order valence-corrected chi connectivity index (χ0v) is 17.1. The van der Waals surface area contributed by atoms with Crippen molar-refractivity contribution in [2.45, 2.75) is 50.5 Å². The van der Waals surface area contributed by atoms with Crippen molar-refractivity contribution < 1.29 is 9.59 Å². The van der Waals surface area contributed by atoms with E-state index < -0.39 is 5.54 Å². The van der Waals surface area contributed by atoms with E-state index >= 15 is 0 Å². The number of nitrogens with zero attached hydrogens (tertiary/aromatic N) is 3. The lowest BCUT2D eigenvalue weighted by Gasteiger charge is -2.37. The average Bonchev–Trinajstić information content (AvgIpc) is 2.90. The third-order valence-electron chi connectivity index (χ3n) is 6.34. The van der Waals surface area contributed by atoms with Crippen molar-refractivity contribution >= 4 is 29.2 Å². The van der Waals surface area contributed by atoms with Crippen LogP contribution in [0.3, 0.4) is 0 Å². The third-order valence-corrected chi connectivity index (χ3v) is 6.58. The first-order valence-electron chi connectivity index (χ1n) is 10.4. The van der Waals surface area contributed by atoms with Gasteiger partial charge >= 0.3 is 6.03 Å². The Labute approximate surface area is 171 Å². The maximum absolute atomic E-state index is 13.1. The van der Waals surface area contributed by atoms with Gasteiger partial charge in [-0.2, -0.15) is 0 Å². The van der Waals surface area contributed by atoms with Crippen LogP contribution in [0.4, 0.5) is 10.5 Å². The average molecular weight is 405 g/mol. The van der Waals surface area contributed by atoms with Crippen LogP contribution in [0, 0.1) is 0 Å². The number of urea groups is 1. The van der Waals surface area contributed by atoms with Gasteiger partial charge in [0.2, 0.25) is 0 Å². The summed E-state index contributed by atoms with van der Waals surface area (Å²) in [5.41, 5.74) is 0.468. The third kappa shape index (κ3) is 3.98. The number of hydrogen-bond donors (Lipinski definition) is 1. The minimum Gasteiger partial charge on any atom is -0.369 e. The van der Waals surface area contributed by atoms with Crippen LogP contribution < -0.4 is 10.2 Å². The Kier molecular flexibility index (Phi) is 5.78. The van der Waals surface area contributed by atoms with E-state index in [0.717, 1.165) is 75.4 Å². The number of piperazine rings is 1. The molecule has 2 saturated heterocycles. The number of hydrogen-bond acceptors (Lipinski definition) is 4. The molecule has 7 heteroatoms.